The fourth-order valence-corrected chi connectivity index (χ4v) is 1.99. The second-order valence-electron chi connectivity index (χ2n) is 2.96. The number of carbonyl (C=O) groups excluding carboxylic acids is 1. The molecule has 0 saturated heterocycles. The molecule has 2 rings (SSSR count). The minimum atomic E-state index is 0.174. The van der Waals surface area contributed by atoms with E-state index in [9.17, 15) is 4.79 Å². The maximum absolute atomic E-state index is 11.2. The summed E-state index contributed by atoms with van der Waals surface area (Å²) < 4.78 is 0.837. The zero-order valence-electron chi connectivity index (χ0n) is 6.73. The van der Waals surface area contributed by atoms with Crippen LogP contribution in [-0.2, 0) is 11.2 Å². The highest BCUT2D eigenvalue weighted by Gasteiger charge is 2.18. The number of hydrogen-bond acceptors (Lipinski definition) is 2. The first kappa shape index (κ1) is 9.03. The molecule has 0 atom stereocenters. The SMILES string of the molecule is O=C1CNc2ccc(Br)c(Cl)c2C1. The van der Waals surface area contributed by atoms with Gasteiger partial charge in [0.2, 0.25) is 0 Å². The third kappa shape index (κ3) is 1.58. The van der Waals surface area contributed by atoms with Gasteiger partial charge in [-0.25, -0.2) is 0 Å². The highest BCUT2D eigenvalue weighted by molar-refractivity contribution is 9.10. The van der Waals surface area contributed by atoms with E-state index in [0.717, 1.165) is 15.7 Å². The van der Waals surface area contributed by atoms with Gasteiger partial charge in [-0.05, 0) is 28.1 Å². The number of ketones is 1. The van der Waals surface area contributed by atoms with Crippen LogP contribution in [0.25, 0.3) is 0 Å². The Hall–Kier alpha value is -0.540. The summed E-state index contributed by atoms with van der Waals surface area (Å²) in [7, 11) is 0. The molecule has 1 aliphatic rings. The van der Waals surface area contributed by atoms with E-state index in [0.29, 0.717) is 18.0 Å². The number of nitrogens with one attached hydrogen (secondary N) is 1. The van der Waals surface area contributed by atoms with Crippen LogP contribution >= 0.6 is 27.5 Å². The van der Waals surface area contributed by atoms with Crippen LogP contribution in [0.1, 0.15) is 5.56 Å². The van der Waals surface area contributed by atoms with Gasteiger partial charge < -0.3 is 5.32 Å². The molecule has 1 aromatic rings. The minimum absolute atomic E-state index is 0.174. The lowest BCUT2D eigenvalue weighted by atomic mass is 10.0. The Kier molecular flexibility index (Phi) is 2.30. The van der Waals surface area contributed by atoms with Crippen molar-refractivity contribution in [2.24, 2.45) is 0 Å². The summed E-state index contributed by atoms with van der Waals surface area (Å²) in [4.78, 5) is 11.2. The summed E-state index contributed by atoms with van der Waals surface area (Å²) in [5.74, 6) is 0.174. The van der Waals surface area contributed by atoms with Crippen molar-refractivity contribution in [3.63, 3.8) is 0 Å². The van der Waals surface area contributed by atoms with Crippen molar-refractivity contribution < 1.29 is 4.79 Å². The van der Waals surface area contributed by atoms with E-state index in [2.05, 4.69) is 21.2 Å². The number of anilines is 1. The molecular formula is C9H7BrClNO. The quantitative estimate of drug-likeness (QED) is 0.777. The smallest absolute Gasteiger partial charge is 0.156 e. The number of hydrogen-bond donors (Lipinski definition) is 1. The second kappa shape index (κ2) is 3.31. The van der Waals surface area contributed by atoms with Crippen LogP contribution in [0.2, 0.25) is 5.02 Å². The Morgan fingerprint density at radius 1 is 1.46 bits per heavy atom. The van der Waals surface area contributed by atoms with Crippen molar-refractivity contribution in [3.8, 4) is 0 Å². The zero-order valence-corrected chi connectivity index (χ0v) is 9.08. The Bertz CT molecular complexity index is 378. The largest absolute Gasteiger partial charge is 0.378 e. The average Bonchev–Trinajstić information content (AvgIpc) is 2.12. The molecule has 1 aliphatic heterocycles. The van der Waals surface area contributed by atoms with E-state index in [1.807, 2.05) is 12.1 Å². The Labute approximate surface area is 89.4 Å². The van der Waals surface area contributed by atoms with Gasteiger partial charge in [0.1, 0.15) is 0 Å². The van der Waals surface area contributed by atoms with Crippen molar-refractivity contribution in [1.29, 1.82) is 0 Å². The predicted octanol–water partition coefficient (Wildman–Crippen LogP) is 2.64. The first-order chi connectivity index (χ1) is 6.18. The molecule has 68 valence electrons. The molecule has 13 heavy (non-hydrogen) atoms. The summed E-state index contributed by atoms with van der Waals surface area (Å²) in [5.41, 5.74) is 1.86. The molecule has 0 fully saturated rings. The van der Waals surface area contributed by atoms with Crippen LogP contribution in [0.5, 0.6) is 0 Å². The summed E-state index contributed by atoms with van der Waals surface area (Å²) in [5, 5.41) is 3.66. The number of benzene rings is 1. The summed E-state index contributed by atoms with van der Waals surface area (Å²) in [6.07, 6.45) is 0.431. The molecule has 1 heterocycles. The van der Waals surface area contributed by atoms with Crippen LogP contribution in [0.3, 0.4) is 0 Å². The monoisotopic (exact) mass is 259 g/mol. The van der Waals surface area contributed by atoms with Crippen LogP contribution in [0.4, 0.5) is 5.69 Å². The number of halogens is 2. The highest BCUT2D eigenvalue weighted by atomic mass is 79.9. The van der Waals surface area contributed by atoms with Gasteiger partial charge in [-0.1, -0.05) is 11.6 Å². The molecule has 1 N–H and O–H groups in total. The lowest BCUT2D eigenvalue weighted by Gasteiger charge is -2.18. The molecule has 4 heteroatoms. The topological polar surface area (TPSA) is 29.1 Å². The average molecular weight is 261 g/mol. The first-order valence-electron chi connectivity index (χ1n) is 3.91. The molecule has 2 nitrogen and oxygen atoms in total. The Morgan fingerprint density at radius 3 is 3.00 bits per heavy atom. The van der Waals surface area contributed by atoms with Gasteiger partial charge in [-0.3, -0.25) is 4.79 Å². The lowest BCUT2D eigenvalue weighted by molar-refractivity contribution is -0.117. The zero-order chi connectivity index (χ0) is 9.42. The normalized spacial score (nSPS) is 15.1. The molecule has 0 amide bonds. The van der Waals surface area contributed by atoms with Crippen molar-refractivity contribution in [3.05, 3.63) is 27.2 Å². The van der Waals surface area contributed by atoms with E-state index in [4.69, 9.17) is 11.6 Å². The standard InChI is InChI=1S/C9H7BrClNO/c10-7-1-2-8-6(9(7)11)3-5(13)4-12-8/h1-2,12H,3-4H2. The number of carbonyl (C=O) groups is 1. The van der Waals surface area contributed by atoms with Crippen LogP contribution in [-0.4, -0.2) is 12.3 Å². The molecule has 0 aromatic heterocycles. The van der Waals surface area contributed by atoms with Crippen LogP contribution in [0, 0.1) is 0 Å². The van der Waals surface area contributed by atoms with E-state index in [1.165, 1.54) is 0 Å². The number of fused-ring (bicyclic) bond motifs is 1. The fraction of sp³-hybridized carbons (Fsp3) is 0.222. The van der Waals surface area contributed by atoms with Gasteiger partial charge in [0, 0.05) is 22.1 Å². The molecule has 0 bridgehead atoms. The van der Waals surface area contributed by atoms with E-state index >= 15 is 0 Å². The van der Waals surface area contributed by atoms with Crippen molar-refractivity contribution in [1.82, 2.24) is 0 Å². The minimum Gasteiger partial charge on any atom is -0.378 e. The van der Waals surface area contributed by atoms with Gasteiger partial charge in [-0.15, -0.1) is 0 Å². The van der Waals surface area contributed by atoms with Crippen LogP contribution in [0.15, 0.2) is 16.6 Å². The summed E-state index contributed by atoms with van der Waals surface area (Å²) >= 11 is 9.36. The molecule has 0 aliphatic carbocycles. The van der Waals surface area contributed by atoms with E-state index < -0.39 is 0 Å². The molecular weight excluding hydrogens is 253 g/mol. The lowest BCUT2D eigenvalue weighted by Crippen LogP contribution is -2.22. The van der Waals surface area contributed by atoms with Gasteiger partial charge in [-0.2, -0.15) is 0 Å². The van der Waals surface area contributed by atoms with Gasteiger partial charge in [0.05, 0.1) is 11.6 Å². The van der Waals surface area contributed by atoms with Crippen LogP contribution < -0.4 is 5.32 Å². The maximum atomic E-state index is 11.2. The van der Waals surface area contributed by atoms with Gasteiger partial charge >= 0.3 is 0 Å². The van der Waals surface area contributed by atoms with Gasteiger partial charge in [0.15, 0.2) is 5.78 Å². The van der Waals surface area contributed by atoms with E-state index in [-0.39, 0.29) is 5.78 Å². The third-order valence-corrected chi connectivity index (χ3v) is 3.37. The predicted molar refractivity (Wildman–Crippen MR) is 56.4 cm³/mol. The molecule has 0 unspecified atom stereocenters. The molecule has 0 radical (unpaired) electrons. The Morgan fingerprint density at radius 2 is 2.23 bits per heavy atom. The number of Topliss-reactive ketones (excluding diaryl/α,β-unsaturated/α-hetero) is 1. The molecule has 0 spiro atoms. The first-order valence-corrected chi connectivity index (χ1v) is 5.08. The van der Waals surface area contributed by atoms with Crippen molar-refractivity contribution >= 4 is 39.0 Å². The molecule has 1 aromatic carbocycles. The van der Waals surface area contributed by atoms with Gasteiger partial charge in [0.25, 0.3) is 0 Å². The summed E-state index contributed by atoms with van der Waals surface area (Å²) in [6.45, 7) is 0.408. The van der Waals surface area contributed by atoms with Crippen molar-refractivity contribution in [2.75, 3.05) is 11.9 Å². The van der Waals surface area contributed by atoms with Crippen molar-refractivity contribution in [2.45, 2.75) is 6.42 Å². The number of rotatable bonds is 0. The Balaban J connectivity index is 2.54. The fourth-order valence-electron chi connectivity index (χ4n) is 1.38. The maximum Gasteiger partial charge on any atom is 0.156 e. The second-order valence-corrected chi connectivity index (χ2v) is 4.19. The molecule has 0 saturated carbocycles. The van der Waals surface area contributed by atoms with E-state index in [1.54, 1.807) is 0 Å². The summed E-state index contributed by atoms with van der Waals surface area (Å²) in [6, 6.07) is 3.81. The third-order valence-electron chi connectivity index (χ3n) is 2.05. The highest BCUT2D eigenvalue weighted by Crippen LogP contribution is 2.33.